The molecule has 2 aromatic rings. The number of thiophene rings is 1. The zero-order chi connectivity index (χ0) is 14.5. The summed E-state index contributed by atoms with van der Waals surface area (Å²) in [6, 6.07) is 8.47. The van der Waals surface area contributed by atoms with Gasteiger partial charge in [-0.3, -0.25) is 0 Å². The second-order valence-electron chi connectivity index (χ2n) is 4.59. The molecule has 1 aromatic carbocycles. The number of halogens is 3. The van der Waals surface area contributed by atoms with Crippen molar-refractivity contribution in [1.29, 1.82) is 0 Å². The summed E-state index contributed by atoms with van der Waals surface area (Å²) in [5, 5.41) is 4.06. The van der Waals surface area contributed by atoms with Crippen LogP contribution in [0.15, 0.2) is 30.3 Å². The van der Waals surface area contributed by atoms with Gasteiger partial charge in [0.2, 0.25) is 0 Å². The van der Waals surface area contributed by atoms with Gasteiger partial charge in [0.05, 0.1) is 4.34 Å². The average Bonchev–Trinajstić information content (AvgIpc) is 2.85. The Labute approximate surface area is 132 Å². The maximum atomic E-state index is 13.4. The van der Waals surface area contributed by atoms with Crippen molar-refractivity contribution in [2.24, 2.45) is 0 Å². The normalized spacial score (nSPS) is 12.6. The zero-order valence-corrected chi connectivity index (χ0v) is 13.5. The van der Waals surface area contributed by atoms with E-state index in [-0.39, 0.29) is 11.9 Å². The highest BCUT2D eigenvalue weighted by atomic mass is 35.5. The first-order valence-corrected chi connectivity index (χ1v) is 8.10. The molecular formula is C15H16Cl2FNS. The lowest BCUT2D eigenvalue weighted by atomic mass is 10.0. The molecule has 5 heteroatoms. The maximum Gasteiger partial charge on any atom is 0.123 e. The summed E-state index contributed by atoms with van der Waals surface area (Å²) in [7, 11) is 0. The first-order valence-electron chi connectivity index (χ1n) is 6.52. The Morgan fingerprint density at radius 3 is 2.70 bits per heavy atom. The predicted molar refractivity (Wildman–Crippen MR) is 85.5 cm³/mol. The molecule has 1 atom stereocenters. The van der Waals surface area contributed by atoms with Gasteiger partial charge in [0.1, 0.15) is 5.82 Å². The lowest BCUT2D eigenvalue weighted by molar-refractivity contribution is 0.534. The van der Waals surface area contributed by atoms with Gasteiger partial charge in [0, 0.05) is 15.9 Å². The number of hydrogen-bond donors (Lipinski definition) is 1. The van der Waals surface area contributed by atoms with Crippen LogP contribution in [-0.4, -0.2) is 6.54 Å². The van der Waals surface area contributed by atoms with Crippen molar-refractivity contribution in [2.45, 2.75) is 25.8 Å². The third-order valence-electron chi connectivity index (χ3n) is 3.01. The topological polar surface area (TPSA) is 12.0 Å². The molecule has 1 aromatic heterocycles. The monoisotopic (exact) mass is 331 g/mol. The molecule has 20 heavy (non-hydrogen) atoms. The van der Waals surface area contributed by atoms with Crippen LogP contribution < -0.4 is 5.32 Å². The largest absolute Gasteiger partial charge is 0.309 e. The first kappa shape index (κ1) is 15.8. The molecule has 2 rings (SSSR count). The highest BCUT2D eigenvalue weighted by molar-refractivity contribution is 7.16. The highest BCUT2D eigenvalue weighted by Crippen LogP contribution is 2.30. The number of hydrogen-bond acceptors (Lipinski definition) is 2. The van der Waals surface area contributed by atoms with E-state index in [0.717, 1.165) is 27.7 Å². The van der Waals surface area contributed by atoms with Crippen molar-refractivity contribution in [1.82, 2.24) is 5.32 Å². The second-order valence-corrected chi connectivity index (χ2v) is 6.74. The van der Waals surface area contributed by atoms with Crippen LogP contribution in [0.25, 0.3) is 0 Å². The Balaban J connectivity index is 2.21. The van der Waals surface area contributed by atoms with E-state index in [9.17, 15) is 4.39 Å². The van der Waals surface area contributed by atoms with E-state index in [1.807, 2.05) is 12.1 Å². The molecule has 0 saturated heterocycles. The summed E-state index contributed by atoms with van der Waals surface area (Å²) in [6.45, 7) is 3.01. The third kappa shape index (κ3) is 4.19. The van der Waals surface area contributed by atoms with Gasteiger partial charge in [-0.2, -0.15) is 0 Å². The lowest BCUT2D eigenvalue weighted by Gasteiger charge is -2.18. The summed E-state index contributed by atoms with van der Waals surface area (Å²) >= 11 is 13.7. The van der Waals surface area contributed by atoms with E-state index < -0.39 is 0 Å². The number of benzene rings is 1. The summed E-state index contributed by atoms with van der Waals surface area (Å²) < 4.78 is 14.1. The summed E-state index contributed by atoms with van der Waals surface area (Å²) in [4.78, 5) is 1.14. The molecule has 1 nitrogen and oxygen atoms in total. The van der Waals surface area contributed by atoms with Crippen LogP contribution in [0.3, 0.4) is 0 Å². The van der Waals surface area contributed by atoms with Gasteiger partial charge < -0.3 is 5.32 Å². The molecule has 1 heterocycles. The molecular weight excluding hydrogens is 316 g/mol. The fourth-order valence-electron chi connectivity index (χ4n) is 2.03. The van der Waals surface area contributed by atoms with E-state index >= 15 is 0 Å². The predicted octanol–water partition coefficient (Wildman–Crippen LogP) is 5.48. The van der Waals surface area contributed by atoms with Crippen LogP contribution in [0.2, 0.25) is 9.36 Å². The van der Waals surface area contributed by atoms with Crippen LogP contribution in [-0.2, 0) is 6.42 Å². The van der Waals surface area contributed by atoms with Gasteiger partial charge in [0.15, 0.2) is 0 Å². The van der Waals surface area contributed by atoms with Crippen LogP contribution in [0.5, 0.6) is 0 Å². The molecule has 0 aliphatic carbocycles. The van der Waals surface area contributed by atoms with Gasteiger partial charge in [0.25, 0.3) is 0 Å². The minimum atomic E-state index is -0.261. The van der Waals surface area contributed by atoms with Crippen LogP contribution in [0, 0.1) is 5.82 Å². The van der Waals surface area contributed by atoms with E-state index in [1.165, 1.54) is 12.1 Å². The fourth-order valence-corrected chi connectivity index (χ4v) is 3.36. The molecule has 1 unspecified atom stereocenters. The van der Waals surface area contributed by atoms with Crippen molar-refractivity contribution in [3.8, 4) is 0 Å². The minimum absolute atomic E-state index is 0.103. The Morgan fingerprint density at radius 1 is 1.25 bits per heavy atom. The van der Waals surface area contributed by atoms with Crippen molar-refractivity contribution in [3.63, 3.8) is 0 Å². The van der Waals surface area contributed by atoms with Crippen molar-refractivity contribution in [2.75, 3.05) is 6.54 Å². The quantitative estimate of drug-likeness (QED) is 0.739. The Bertz CT molecular complexity index is 571. The van der Waals surface area contributed by atoms with Gasteiger partial charge in [-0.25, -0.2) is 4.39 Å². The van der Waals surface area contributed by atoms with Gasteiger partial charge in [-0.05, 0) is 55.3 Å². The lowest BCUT2D eigenvalue weighted by Crippen LogP contribution is -2.23. The molecule has 0 spiro atoms. The molecule has 0 fully saturated rings. The molecule has 0 amide bonds. The van der Waals surface area contributed by atoms with Crippen molar-refractivity contribution >= 4 is 34.5 Å². The molecule has 108 valence electrons. The molecule has 1 N–H and O–H groups in total. The third-order valence-corrected chi connectivity index (χ3v) is 4.72. The van der Waals surface area contributed by atoms with E-state index in [2.05, 4.69) is 12.2 Å². The molecule has 0 aliphatic rings. The minimum Gasteiger partial charge on any atom is -0.309 e. The van der Waals surface area contributed by atoms with E-state index in [1.54, 1.807) is 17.4 Å². The summed E-state index contributed by atoms with van der Waals surface area (Å²) in [6.07, 6.45) is 1.68. The Hall–Kier alpha value is -0.610. The van der Waals surface area contributed by atoms with Crippen LogP contribution in [0.4, 0.5) is 4.39 Å². The zero-order valence-electron chi connectivity index (χ0n) is 11.1. The highest BCUT2D eigenvalue weighted by Gasteiger charge is 2.16. The Morgan fingerprint density at radius 2 is 2.05 bits per heavy atom. The fraction of sp³-hybridized carbons (Fsp3) is 0.333. The van der Waals surface area contributed by atoms with Crippen LogP contribution in [0.1, 0.15) is 29.8 Å². The standard InChI is InChI=1S/C15H16Cl2FNS/c1-2-7-19-13(14-5-6-15(17)20-14)9-10-8-11(18)3-4-12(10)16/h3-6,8,13,19H,2,7,9H2,1H3. The number of rotatable bonds is 6. The summed E-state index contributed by atoms with van der Waals surface area (Å²) in [5.41, 5.74) is 0.810. The van der Waals surface area contributed by atoms with E-state index in [4.69, 9.17) is 23.2 Å². The molecule has 0 aliphatic heterocycles. The smallest absolute Gasteiger partial charge is 0.123 e. The second kappa shape index (κ2) is 7.41. The van der Waals surface area contributed by atoms with Crippen molar-refractivity contribution < 1.29 is 4.39 Å². The molecule has 0 bridgehead atoms. The molecule has 0 saturated carbocycles. The Kier molecular flexibility index (Phi) is 5.85. The first-order chi connectivity index (χ1) is 9.60. The summed E-state index contributed by atoms with van der Waals surface area (Å²) in [5.74, 6) is -0.261. The van der Waals surface area contributed by atoms with E-state index in [0.29, 0.717) is 11.4 Å². The maximum absolute atomic E-state index is 13.4. The molecule has 0 radical (unpaired) electrons. The van der Waals surface area contributed by atoms with Gasteiger partial charge in [-0.15, -0.1) is 11.3 Å². The average molecular weight is 332 g/mol. The number of nitrogens with one attached hydrogen (secondary N) is 1. The van der Waals surface area contributed by atoms with Gasteiger partial charge >= 0.3 is 0 Å². The van der Waals surface area contributed by atoms with Crippen LogP contribution >= 0.6 is 34.5 Å². The van der Waals surface area contributed by atoms with Crippen molar-refractivity contribution in [3.05, 3.63) is 55.9 Å². The van der Waals surface area contributed by atoms with Gasteiger partial charge in [-0.1, -0.05) is 30.1 Å². The SMILES string of the molecule is CCCNC(Cc1cc(F)ccc1Cl)c1ccc(Cl)s1.